The van der Waals surface area contributed by atoms with Gasteiger partial charge in [0.15, 0.2) is 0 Å². The van der Waals surface area contributed by atoms with Gasteiger partial charge in [-0.3, -0.25) is 0 Å². The minimum atomic E-state index is 0.741. The Hall–Kier alpha value is -0.570. The normalized spacial score (nSPS) is 16.5. The lowest BCUT2D eigenvalue weighted by Gasteiger charge is -2.13. The van der Waals surface area contributed by atoms with Gasteiger partial charge in [-0.05, 0) is 12.8 Å². The summed E-state index contributed by atoms with van der Waals surface area (Å²) in [4.78, 5) is 10.0. The van der Waals surface area contributed by atoms with Crippen LogP contribution in [0.15, 0.2) is 4.99 Å². The van der Waals surface area contributed by atoms with E-state index < -0.39 is 0 Å². The SMILES string of the molecule is CCCCCC1=NCN(CCCCC)O1. The van der Waals surface area contributed by atoms with E-state index in [0.717, 1.165) is 25.5 Å². The van der Waals surface area contributed by atoms with Gasteiger partial charge >= 0.3 is 0 Å². The maximum Gasteiger partial charge on any atom is 0.211 e. The lowest BCUT2D eigenvalue weighted by Crippen LogP contribution is -2.21. The van der Waals surface area contributed by atoms with Gasteiger partial charge in [-0.15, -0.1) is 5.06 Å². The zero-order valence-corrected chi connectivity index (χ0v) is 10.2. The van der Waals surface area contributed by atoms with Crippen LogP contribution < -0.4 is 0 Å². The van der Waals surface area contributed by atoms with Crippen LogP contribution in [0.25, 0.3) is 0 Å². The molecule has 0 fully saturated rings. The van der Waals surface area contributed by atoms with Crippen LogP contribution in [0, 0.1) is 0 Å². The topological polar surface area (TPSA) is 24.8 Å². The Morgan fingerprint density at radius 2 is 1.87 bits per heavy atom. The highest BCUT2D eigenvalue weighted by molar-refractivity contribution is 5.76. The molecule has 0 unspecified atom stereocenters. The number of rotatable bonds is 8. The van der Waals surface area contributed by atoms with Crippen molar-refractivity contribution in [3.63, 3.8) is 0 Å². The number of hydrogen-bond donors (Lipinski definition) is 0. The summed E-state index contributed by atoms with van der Waals surface area (Å²) < 4.78 is 0. The van der Waals surface area contributed by atoms with Crippen molar-refractivity contribution in [3.8, 4) is 0 Å². The summed E-state index contributed by atoms with van der Waals surface area (Å²) in [5.41, 5.74) is 0. The van der Waals surface area contributed by atoms with Gasteiger partial charge in [0.1, 0.15) is 6.67 Å². The monoisotopic (exact) mass is 212 g/mol. The fourth-order valence-electron chi connectivity index (χ4n) is 1.67. The summed E-state index contributed by atoms with van der Waals surface area (Å²) in [6.45, 7) is 6.20. The van der Waals surface area contributed by atoms with E-state index in [9.17, 15) is 0 Å². The summed E-state index contributed by atoms with van der Waals surface area (Å²) >= 11 is 0. The van der Waals surface area contributed by atoms with Crippen LogP contribution in [-0.4, -0.2) is 24.2 Å². The van der Waals surface area contributed by atoms with E-state index >= 15 is 0 Å². The van der Waals surface area contributed by atoms with Gasteiger partial charge in [0.2, 0.25) is 5.90 Å². The Morgan fingerprint density at radius 1 is 1.13 bits per heavy atom. The van der Waals surface area contributed by atoms with E-state index in [1.807, 2.05) is 5.06 Å². The van der Waals surface area contributed by atoms with Gasteiger partial charge in [0, 0.05) is 13.0 Å². The number of unbranched alkanes of at least 4 members (excludes halogenated alkanes) is 4. The molecule has 0 radical (unpaired) electrons. The number of aliphatic imine (C=N–C) groups is 1. The summed E-state index contributed by atoms with van der Waals surface area (Å²) in [5.74, 6) is 0.944. The molecule has 0 aromatic heterocycles. The zero-order valence-electron chi connectivity index (χ0n) is 10.2. The third-order valence-corrected chi connectivity index (χ3v) is 2.64. The molecule has 88 valence electrons. The molecule has 0 amide bonds. The van der Waals surface area contributed by atoms with Crippen LogP contribution in [-0.2, 0) is 4.84 Å². The second-order valence-corrected chi connectivity index (χ2v) is 4.15. The molecule has 0 spiro atoms. The average molecular weight is 212 g/mol. The van der Waals surface area contributed by atoms with Gasteiger partial charge in [0.25, 0.3) is 0 Å². The molecule has 3 heteroatoms. The van der Waals surface area contributed by atoms with Crippen molar-refractivity contribution in [2.24, 2.45) is 4.99 Å². The largest absolute Gasteiger partial charge is 0.389 e. The molecule has 0 saturated heterocycles. The van der Waals surface area contributed by atoms with Crippen molar-refractivity contribution in [1.82, 2.24) is 5.06 Å². The number of nitrogens with zero attached hydrogens (tertiary/aromatic N) is 2. The fourth-order valence-corrected chi connectivity index (χ4v) is 1.67. The van der Waals surface area contributed by atoms with Crippen molar-refractivity contribution in [2.45, 2.75) is 58.8 Å². The second kappa shape index (κ2) is 7.69. The molecule has 1 heterocycles. The molecular formula is C12H24N2O. The van der Waals surface area contributed by atoms with Crippen LogP contribution in [0.2, 0.25) is 0 Å². The molecule has 15 heavy (non-hydrogen) atoms. The standard InChI is InChI=1S/C12H24N2O/c1-3-5-7-9-12-13-11-14(15-12)10-8-6-4-2/h3-11H2,1-2H3. The highest BCUT2D eigenvalue weighted by atomic mass is 16.7. The molecule has 1 aliphatic rings. The van der Waals surface area contributed by atoms with E-state index in [1.165, 1.54) is 38.5 Å². The summed E-state index contributed by atoms with van der Waals surface area (Å²) in [6, 6.07) is 0. The molecule has 1 aliphatic heterocycles. The Balaban J connectivity index is 2.03. The molecule has 0 aromatic carbocycles. The van der Waals surface area contributed by atoms with E-state index in [-0.39, 0.29) is 0 Å². The van der Waals surface area contributed by atoms with Crippen molar-refractivity contribution >= 4 is 5.90 Å². The smallest absolute Gasteiger partial charge is 0.211 e. The van der Waals surface area contributed by atoms with Gasteiger partial charge < -0.3 is 4.84 Å². The minimum absolute atomic E-state index is 0.741. The third-order valence-electron chi connectivity index (χ3n) is 2.64. The first-order valence-electron chi connectivity index (χ1n) is 6.33. The van der Waals surface area contributed by atoms with Crippen LogP contribution in [0.3, 0.4) is 0 Å². The number of hydrogen-bond acceptors (Lipinski definition) is 3. The predicted molar refractivity (Wildman–Crippen MR) is 63.8 cm³/mol. The Kier molecular flexibility index (Phi) is 6.41. The molecule has 0 aliphatic carbocycles. The molecule has 0 atom stereocenters. The summed E-state index contributed by atoms with van der Waals surface area (Å²) in [7, 11) is 0. The summed E-state index contributed by atoms with van der Waals surface area (Å²) in [5, 5.41) is 1.98. The molecule has 0 bridgehead atoms. The predicted octanol–water partition coefficient (Wildman–Crippen LogP) is 3.36. The Labute approximate surface area is 93.5 Å². The quantitative estimate of drug-likeness (QED) is 0.576. The van der Waals surface area contributed by atoms with Crippen LogP contribution in [0.1, 0.15) is 58.8 Å². The fraction of sp³-hybridized carbons (Fsp3) is 0.917. The molecule has 3 nitrogen and oxygen atoms in total. The van der Waals surface area contributed by atoms with E-state index in [1.54, 1.807) is 0 Å². The number of hydroxylamine groups is 2. The van der Waals surface area contributed by atoms with Gasteiger partial charge in [-0.1, -0.05) is 39.5 Å². The summed E-state index contributed by atoms with van der Waals surface area (Å²) in [6.07, 6.45) is 8.51. The van der Waals surface area contributed by atoms with Gasteiger partial charge in [-0.25, -0.2) is 4.99 Å². The Morgan fingerprint density at radius 3 is 2.60 bits per heavy atom. The van der Waals surface area contributed by atoms with Gasteiger partial charge in [-0.2, -0.15) is 0 Å². The van der Waals surface area contributed by atoms with Crippen molar-refractivity contribution in [3.05, 3.63) is 0 Å². The minimum Gasteiger partial charge on any atom is -0.389 e. The zero-order chi connectivity index (χ0) is 10.9. The van der Waals surface area contributed by atoms with Crippen LogP contribution in [0.4, 0.5) is 0 Å². The third kappa shape index (κ3) is 5.17. The molecule has 0 saturated carbocycles. The molecular weight excluding hydrogens is 188 g/mol. The van der Waals surface area contributed by atoms with Crippen LogP contribution >= 0.6 is 0 Å². The average Bonchev–Trinajstić information content (AvgIpc) is 2.67. The first-order valence-corrected chi connectivity index (χ1v) is 6.33. The van der Waals surface area contributed by atoms with Crippen molar-refractivity contribution < 1.29 is 4.84 Å². The van der Waals surface area contributed by atoms with Crippen molar-refractivity contribution in [1.29, 1.82) is 0 Å². The van der Waals surface area contributed by atoms with E-state index in [0.29, 0.717) is 0 Å². The Bertz CT molecular complexity index is 192. The highest BCUT2D eigenvalue weighted by Gasteiger charge is 2.15. The first-order chi connectivity index (χ1) is 7.36. The lowest BCUT2D eigenvalue weighted by atomic mass is 10.2. The maximum atomic E-state index is 5.64. The van der Waals surface area contributed by atoms with Crippen LogP contribution in [0.5, 0.6) is 0 Å². The molecule has 0 N–H and O–H groups in total. The molecule has 0 aromatic rings. The van der Waals surface area contributed by atoms with E-state index in [4.69, 9.17) is 4.84 Å². The lowest BCUT2D eigenvalue weighted by molar-refractivity contribution is -0.0521. The second-order valence-electron chi connectivity index (χ2n) is 4.15. The van der Waals surface area contributed by atoms with E-state index in [2.05, 4.69) is 18.8 Å². The molecule has 1 rings (SSSR count). The highest BCUT2D eigenvalue weighted by Crippen LogP contribution is 2.10. The maximum absolute atomic E-state index is 5.64. The first kappa shape index (κ1) is 12.5. The van der Waals surface area contributed by atoms with Gasteiger partial charge in [0.05, 0.1) is 0 Å². The van der Waals surface area contributed by atoms with Crippen molar-refractivity contribution in [2.75, 3.05) is 13.2 Å².